The van der Waals surface area contributed by atoms with Crippen molar-refractivity contribution in [3.05, 3.63) is 71.8 Å². The average molecular weight is 456 g/mol. The molecule has 1 aliphatic heterocycles. The van der Waals surface area contributed by atoms with E-state index in [2.05, 4.69) is 74.3 Å². The van der Waals surface area contributed by atoms with Gasteiger partial charge >= 0.3 is 0 Å². The lowest BCUT2D eigenvalue weighted by Crippen LogP contribution is -2.53. The lowest BCUT2D eigenvalue weighted by atomic mass is 10.1. The molecule has 5 nitrogen and oxygen atoms in total. The van der Waals surface area contributed by atoms with E-state index in [1.807, 2.05) is 12.1 Å². The molecule has 3 rings (SSSR count). The Bertz CT molecular complexity index is 789. The van der Waals surface area contributed by atoms with E-state index in [0.717, 1.165) is 75.4 Å². The first kappa shape index (κ1) is 23.4. The van der Waals surface area contributed by atoms with Gasteiger partial charge in [-0.3, -0.25) is 4.90 Å². The van der Waals surface area contributed by atoms with E-state index in [9.17, 15) is 0 Å². The zero-order chi connectivity index (χ0) is 21.7. The van der Waals surface area contributed by atoms with Gasteiger partial charge < -0.3 is 20.9 Å². The minimum atomic E-state index is 0.735. The Kier molecular flexibility index (Phi) is 10.0. The lowest BCUT2D eigenvalue weighted by Gasteiger charge is -2.36. The molecular weight excluding hydrogens is 422 g/mol. The Morgan fingerprint density at radius 2 is 1.19 bits per heavy atom. The number of benzene rings is 2. The lowest BCUT2D eigenvalue weighted by molar-refractivity contribution is 0.184. The molecule has 0 unspecified atom stereocenters. The van der Waals surface area contributed by atoms with Gasteiger partial charge in [-0.1, -0.05) is 60.7 Å². The van der Waals surface area contributed by atoms with Gasteiger partial charge in [-0.2, -0.15) is 0 Å². The smallest absolute Gasteiger partial charge is 0.169 e. The molecule has 2 aromatic rings. The summed E-state index contributed by atoms with van der Waals surface area (Å²) >= 11 is 11.0. The molecule has 0 spiro atoms. The summed E-state index contributed by atoms with van der Waals surface area (Å²) in [6, 6.07) is 21.0. The van der Waals surface area contributed by atoms with Gasteiger partial charge in [0.25, 0.3) is 0 Å². The van der Waals surface area contributed by atoms with Gasteiger partial charge in [0, 0.05) is 52.4 Å². The molecule has 0 aliphatic carbocycles. The fraction of sp³-hybridized carbons (Fsp3) is 0.417. The largest absolute Gasteiger partial charge is 0.362 e. The van der Waals surface area contributed by atoms with Crippen molar-refractivity contribution in [1.29, 1.82) is 0 Å². The van der Waals surface area contributed by atoms with Crippen LogP contribution in [0.15, 0.2) is 60.7 Å². The summed E-state index contributed by atoms with van der Waals surface area (Å²) in [4.78, 5) is 4.74. The summed E-state index contributed by atoms with van der Waals surface area (Å²) < 4.78 is 0. The second kappa shape index (κ2) is 13.2. The Labute approximate surface area is 197 Å². The molecular formula is C24H33N5S2. The van der Waals surface area contributed by atoms with E-state index in [-0.39, 0.29) is 0 Å². The minimum absolute atomic E-state index is 0.735. The van der Waals surface area contributed by atoms with Crippen LogP contribution in [0.1, 0.15) is 11.1 Å². The highest BCUT2D eigenvalue weighted by atomic mass is 32.1. The molecule has 1 saturated heterocycles. The molecule has 166 valence electrons. The predicted molar refractivity (Wildman–Crippen MR) is 138 cm³/mol. The van der Waals surface area contributed by atoms with E-state index in [4.69, 9.17) is 24.4 Å². The van der Waals surface area contributed by atoms with Crippen molar-refractivity contribution < 1.29 is 0 Å². The van der Waals surface area contributed by atoms with Crippen molar-refractivity contribution >= 4 is 34.7 Å². The Hall–Kier alpha value is -2.22. The second-order valence-corrected chi connectivity index (χ2v) is 8.51. The van der Waals surface area contributed by atoms with Gasteiger partial charge in [0.2, 0.25) is 0 Å². The van der Waals surface area contributed by atoms with Crippen LogP contribution in [-0.4, -0.2) is 72.4 Å². The third-order valence-electron chi connectivity index (χ3n) is 5.45. The van der Waals surface area contributed by atoms with Crippen LogP contribution < -0.4 is 16.0 Å². The summed E-state index contributed by atoms with van der Waals surface area (Å²) in [6.07, 6.45) is 1.97. The highest BCUT2D eigenvalue weighted by Crippen LogP contribution is 2.03. The van der Waals surface area contributed by atoms with E-state index in [1.165, 1.54) is 11.1 Å². The summed E-state index contributed by atoms with van der Waals surface area (Å²) in [7, 11) is 0. The van der Waals surface area contributed by atoms with Crippen molar-refractivity contribution in [2.24, 2.45) is 0 Å². The first-order valence-corrected chi connectivity index (χ1v) is 11.9. The van der Waals surface area contributed by atoms with Gasteiger partial charge in [-0.25, -0.2) is 0 Å². The molecule has 31 heavy (non-hydrogen) atoms. The number of hydrogen-bond acceptors (Lipinski definition) is 3. The molecule has 1 heterocycles. The number of thiocarbonyl (C=S) groups is 2. The van der Waals surface area contributed by atoms with Gasteiger partial charge in [0.05, 0.1) is 0 Å². The number of nitrogens with one attached hydrogen (secondary N) is 3. The molecule has 7 heteroatoms. The van der Waals surface area contributed by atoms with Gasteiger partial charge in [-0.15, -0.1) is 0 Å². The van der Waals surface area contributed by atoms with Crippen LogP contribution >= 0.6 is 24.4 Å². The third kappa shape index (κ3) is 8.81. The van der Waals surface area contributed by atoms with Crippen LogP contribution in [0.4, 0.5) is 0 Å². The van der Waals surface area contributed by atoms with Crippen LogP contribution in [0.2, 0.25) is 0 Å². The quantitative estimate of drug-likeness (QED) is 0.502. The fourth-order valence-electron chi connectivity index (χ4n) is 3.60. The van der Waals surface area contributed by atoms with Crippen molar-refractivity contribution in [2.75, 3.05) is 52.4 Å². The molecule has 0 radical (unpaired) electrons. The van der Waals surface area contributed by atoms with Gasteiger partial charge in [0.1, 0.15) is 0 Å². The summed E-state index contributed by atoms with van der Waals surface area (Å²) in [5.41, 5.74) is 2.66. The van der Waals surface area contributed by atoms with Crippen LogP contribution in [0, 0.1) is 0 Å². The minimum Gasteiger partial charge on any atom is -0.362 e. The Balaban J connectivity index is 1.22. The van der Waals surface area contributed by atoms with Crippen molar-refractivity contribution in [2.45, 2.75) is 12.8 Å². The van der Waals surface area contributed by atoms with E-state index < -0.39 is 0 Å². The molecule has 0 atom stereocenters. The van der Waals surface area contributed by atoms with Crippen molar-refractivity contribution in [3.8, 4) is 0 Å². The first-order valence-electron chi connectivity index (χ1n) is 11.1. The van der Waals surface area contributed by atoms with Crippen LogP contribution in [0.25, 0.3) is 0 Å². The van der Waals surface area contributed by atoms with Crippen LogP contribution in [0.3, 0.4) is 0 Å². The van der Waals surface area contributed by atoms with Gasteiger partial charge in [-0.05, 0) is 48.4 Å². The normalized spacial score (nSPS) is 14.1. The van der Waals surface area contributed by atoms with E-state index in [1.54, 1.807) is 0 Å². The second-order valence-electron chi connectivity index (χ2n) is 7.71. The maximum absolute atomic E-state index is 5.58. The maximum Gasteiger partial charge on any atom is 0.169 e. The molecule has 2 aromatic carbocycles. The number of rotatable bonds is 9. The summed E-state index contributed by atoms with van der Waals surface area (Å²) in [6.45, 7) is 7.56. The van der Waals surface area contributed by atoms with E-state index >= 15 is 0 Å². The molecule has 3 N–H and O–H groups in total. The highest BCUT2D eigenvalue weighted by molar-refractivity contribution is 7.80. The monoisotopic (exact) mass is 455 g/mol. The SMILES string of the molecule is S=C(NCCc1ccccc1)NCCN1CCN(C(=S)NCCc2ccccc2)CC1. The topological polar surface area (TPSA) is 42.6 Å². The molecule has 1 fully saturated rings. The maximum atomic E-state index is 5.58. The molecule has 0 saturated carbocycles. The zero-order valence-corrected chi connectivity index (χ0v) is 19.7. The summed E-state index contributed by atoms with van der Waals surface area (Å²) in [5, 5.41) is 11.6. The average Bonchev–Trinajstić information content (AvgIpc) is 2.81. The molecule has 1 aliphatic rings. The van der Waals surface area contributed by atoms with Crippen molar-refractivity contribution in [1.82, 2.24) is 25.8 Å². The number of nitrogens with zero attached hydrogens (tertiary/aromatic N) is 2. The predicted octanol–water partition coefficient (Wildman–Crippen LogP) is 2.43. The third-order valence-corrected chi connectivity index (χ3v) is 6.14. The van der Waals surface area contributed by atoms with Crippen LogP contribution in [0.5, 0.6) is 0 Å². The molecule has 0 aromatic heterocycles. The zero-order valence-electron chi connectivity index (χ0n) is 18.1. The van der Waals surface area contributed by atoms with Crippen LogP contribution in [-0.2, 0) is 12.8 Å². The summed E-state index contributed by atoms with van der Waals surface area (Å²) in [5.74, 6) is 0. The first-order chi connectivity index (χ1) is 15.2. The van der Waals surface area contributed by atoms with Gasteiger partial charge in [0.15, 0.2) is 10.2 Å². The Morgan fingerprint density at radius 1 is 0.677 bits per heavy atom. The molecule has 0 amide bonds. The van der Waals surface area contributed by atoms with E-state index in [0.29, 0.717) is 0 Å². The highest BCUT2D eigenvalue weighted by Gasteiger charge is 2.18. The standard InChI is InChI=1S/C24H33N5S2/c30-23(25-13-11-21-7-3-1-4-8-21)26-15-16-28-17-19-29(20-18-28)24(31)27-14-12-22-9-5-2-6-10-22/h1-10H,11-20H2,(H,27,31)(H2,25,26,30). The van der Waals surface area contributed by atoms with Crippen molar-refractivity contribution in [3.63, 3.8) is 0 Å². The number of hydrogen-bond donors (Lipinski definition) is 3. The number of piperazine rings is 1. The molecule has 0 bridgehead atoms. The Morgan fingerprint density at radius 3 is 1.77 bits per heavy atom. The fourth-order valence-corrected chi connectivity index (χ4v) is 4.09.